The highest BCUT2D eigenvalue weighted by Gasteiger charge is 2.31. The zero-order chi connectivity index (χ0) is 16.4. The maximum absolute atomic E-state index is 12.7. The molecule has 0 aliphatic rings. The number of amides is 1. The van der Waals surface area contributed by atoms with Gasteiger partial charge in [-0.05, 0) is 32.0 Å². The van der Waals surface area contributed by atoms with Gasteiger partial charge in [0.1, 0.15) is 0 Å². The first-order chi connectivity index (χ1) is 9.52. The van der Waals surface area contributed by atoms with E-state index in [-0.39, 0.29) is 21.3 Å². The molecule has 0 saturated carbocycles. The molecule has 1 aromatic rings. The SMILES string of the molecule is CC(C(=O)O)=C(C)C(=O)Nc1cc(Br)cc(C(F)(F)F)c1. The molecule has 0 aliphatic carbocycles. The Morgan fingerprint density at radius 3 is 2.19 bits per heavy atom. The van der Waals surface area contributed by atoms with Gasteiger partial charge in [0.2, 0.25) is 0 Å². The number of anilines is 1. The van der Waals surface area contributed by atoms with Gasteiger partial charge in [-0.3, -0.25) is 4.79 Å². The van der Waals surface area contributed by atoms with E-state index >= 15 is 0 Å². The van der Waals surface area contributed by atoms with Gasteiger partial charge < -0.3 is 10.4 Å². The Kier molecular flexibility index (Phi) is 5.16. The van der Waals surface area contributed by atoms with Crippen LogP contribution in [0.1, 0.15) is 19.4 Å². The first-order valence-corrected chi connectivity index (χ1v) is 6.41. The second-order valence-corrected chi connectivity index (χ2v) is 5.15. The van der Waals surface area contributed by atoms with Gasteiger partial charge in [0, 0.05) is 21.3 Å². The highest BCUT2D eigenvalue weighted by atomic mass is 79.9. The zero-order valence-electron chi connectivity index (χ0n) is 11.0. The summed E-state index contributed by atoms with van der Waals surface area (Å²) >= 11 is 2.93. The molecule has 21 heavy (non-hydrogen) atoms. The van der Waals surface area contributed by atoms with Crippen molar-refractivity contribution in [2.45, 2.75) is 20.0 Å². The Morgan fingerprint density at radius 1 is 1.14 bits per heavy atom. The van der Waals surface area contributed by atoms with Crippen molar-refractivity contribution in [3.8, 4) is 0 Å². The van der Waals surface area contributed by atoms with E-state index in [1.807, 2.05) is 0 Å². The summed E-state index contributed by atoms with van der Waals surface area (Å²) < 4.78 is 38.1. The third-order valence-corrected chi connectivity index (χ3v) is 3.16. The van der Waals surface area contributed by atoms with Crippen molar-refractivity contribution in [1.29, 1.82) is 0 Å². The molecule has 4 nitrogen and oxygen atoms in total. The lowest BCUT2D eigenvalue weighted by atomic mass is 10.1. The van der Waals surface area contributed by atoms with E-state index in [2.05, 4.69) is 21.2 Å². The van der Waals surface area contributed by atoms with E-state index in [1.54, 1.807) is 0 Å². The third-order valence-electron chi connectivity index (χ3n) is 2.71. The van der Waals surface area contributed by atoms with Gasteiger partial charge in [0.15, 0.2) is 0 Å². The molecule has 0 radical (unpaired) electrons. The number of alkyl halides is 3. The lowest BCUT2D eigenvalue weighted by molar-refractivity contribution is -0.137. The Morgan fingerprint density at radius 2 is 1.71 bits per heavy atom. The van der Waals surface area contributed by atoms with E-state index in [9.17, 15) is 22.8 Å². The van der Waals surface area contributed by atoms with Crippen LogP contribution >= 0.6 is 15.9 Å². The Balaban J connectivity index is 3.10. The van der Waals surface area contributed by atoms with Gasteiger partial charge in [-0.15, -0.1) is 0 Å². The average molecular weight is 366 g/mol. The van der Waals surface area contributed by atoms with Crippen LogP contribution in [0, 0.1) is 0 Å². The first-order valence-electron chi connectivity index (χ1n) is 5.62. The maximum Gasteiger partial charge on any atom is 0.416 e. The standard InChI is InChI=1S/C13H11BrF3NO3/c1-6(7(2)12(20)21)11(19)18-10-4-8(13(15,16)17)3-9(14)5-10/h3-5H,1-2H3,(H,18,19)(H,20,21). The quantitative estimate of drug-likeness (QED) is 0.800. The highest BCUT2D eigenvalue weighted by Crippen LogP contribution is 2.33. The Bertz CT molecular complexity index is 624. The number of aliphatic carboxylic acids is 1. The molecule has 0 bridgehead atoms. The first kappa shape index (κ1) is 17.2. The third kappa shape index (κ3) is 4.59. The summed E-state index contributed by atoms with van der Waals surface area (Å²) in [6.45, 7) is 2.51. The molecule has 1 rings (SSSR count). The highest BCUT2D eigenvalue weighted by molar-refractivity contribution is 9.10. The number of hydrogen-bond donors (Lipinski definition) is 2. The molecule has 0 fully saturated rings. The van der Waals surface area contributed by atoms with Crippen LogP contribution < -0.4 is 5.32 Å². The van der Waals surface area contributed by atoms with Gasteiger partial charge >= 0.3 is 12.1 Å². The number of rotatable bonds is 3. The molecule has 114 valence electrons. The van der Waals surface area contributed by atoms with Crippen LogP contribution in [0.4, 0.5) is 18.9 Å². The van der Waals surface area contributed by atoms with E-state index in [0.29, 0.717) is 0 Å². The molecular formula is C13H11BrF3NO3. The summed E-state index contributed by atoms with van der Waals surface area (Å²) in [5, 5.41) is 11.0. The Hall–Kier alpha value is -1.83. The number of carboxylic acid groups (broad SMARTS) is 1. The van der Waals surface area contributed by atoms with E-state index in [1.165, 1.54) is 19.9 Å². The maximum atomic E-state index is 12.7. The molecule has 0 aromatic heterocycles. The van der Waals surface area contributed by atoms with Crippen LogP contribution in [-0.2, 0) is 15.8 Å². The minimum absolute atomic E-state index is 0.0840. The van der Waals surface area contributed by atoms with Crippen LogP contribution in [0.2, 0.25) is 0 Å². The number of nitrogens with one attached hydrogen (secondary N) is 1. The van der Waals surface area contributed by atoms with E-state index in [0.717, 1.165) is 12.1 Å². The van der Waals surface area contributed by atoms with E-state index in [4.69, 9.17) is 5.11 Å². The van der Waals surface area contributed by atoms with Crippen molar-refractivity contribution in [3.05, 3.63) is 39.4 Å². The lowest BCUT2D eigenvalue weighted by Gasteiger charge is -2.11. The van der Waals surface area contributed by atoms with Crippen molar-refractivity contribution in [1.82, 2.24) is 0 Å². The van der Waals surface area contributed by atoms with Crippen molar-refractivity contribution >= 4 is 33.5 Å². The van der Waals surface area contributed by atoms with Gasteiger partial charge in [-0.25, -0.2) is 4.79 Å². The van der Waals surface area contributed by atoms with Crippen molar-refractivity contribution < 1.29 is 27.9 Å². The molecule has 8 heteroatoms. The van der Waals surface area contributed by atoms with Crippen LogP contribution in [0.15, 0.2) is 33.8 Å². The second-order valence-electron chi connectivity index (χ2n) is 4.24. The zero-order valence-corrected chi connectivity index (χ0v) is 12.6. The summed E-state index contributed by atoms with van der Waals surface area (Å²) in [6, 6.07) is 2.93. The predicted molar refractivity (Wildman–Crippen MR) is 73.8 cm³/mol. The van der Waals surface area contributed by atoms with Gasteiger partial charge in [0.25, 0.3) is 5.91 Å². The molecule has 1 aromatic carbocycles. The summed E-state index contributed by atoms with van der Waals surface area (Å²) in [5.41, 5.74) is -1.28. The fourth-order valence-corrected chi connectivity index (χ4v) is 1.87. The molecule has 1 amide bonds. The molecule has 0 spiro atoms. The minimum Gasteiger partial charge on any atom is -0.478 e. The largest absolute Gasteiger partial charge is 0.478 e. The average Bonchev–Trinajstić information content (AvgIpc) is 2.34. The molecule has 0 saturated heterocycles. The number of carbonyl (C=O) groups is 2. The fraction of sp³-hybridized carbons (Fsp3) is 0.231. The fourth-order valence-electron chi connectivity index (χ4n) is 1.38. The minimum atomic E-state index is -4.55. The van der Waals surface area contributed by atoms with Gasteiger partial charge in [-0.1, -0.05) is 15.9 Å². The summed E-state index contributed by atoms with van der Waals surface area (Å²) in [7, 11) is 0. The van der Waals surface area contributed by atoms with Crippen LogP contribution in [0.3, 0.4) is 0 Å². The monoisotopic (exact) mass is 365 g/mol. The van der Waals surface area contributed by atoms with Gasteiger partial charge in [-0.2, -0.15) is 13.2 Å². The molecule has 0 aliphatic heterocycles. The molecular weight excluding hydrogens is 355 g/mol. The molecule has 0 heterocycles. The topological polar surface area (TPSA) is 66.4 Å². The van der Waals surface area contributed by atoms with Crippen LogP contribution in [0.5, 0.6) is 0 Å². The number of hydrogen-bond acceptors (Lipinski definition) is 2. The van der Waals surface area contributed by atoms with Crippen LogP contribution in [0.25, 0.3) is 0 Å². The smallest absolute Gasteiger partial charge is 0.416 e. The number of carboxylic acids is 1. The van der Waals surface area contributed by atoms with E-state index < -0.39 is 23.6 Å². The van der Waals surface area contributed by atoms with Gasteiger partial charge in [0.05, 0.1) is 5.56 Å². The predicted octanol–water partition coefficient (Wildman–Crippen LogP) is 3.83. The number of halogens is 4. The summed E-state index contributed by atoms with van der Waals surface area (Å²) in [4.78, 5) is 22.5. The molecule has 0 unspecified atom stereocenters. The molecule has 2 N–H and O–H groups in total. The van der Waals surface area contributed by atoms with Crippen molar-refractivity contribution in [2.75, 3.05) is 5.32 Å². The lowest BCUT2D eigenvalue weighted by Crippen LogP contribution is -2.17. The number of benzene rings is 1. The van der Waals surface area contributed by atoms with Crippen molar-refractivity contribution in [2.24, 2.45) is 0 Å². The normalized spacial score (nSPS) is 12.7. The summed E-state index contributed by atoms with van der Waals surface area (Å²) in [5.74, 6) is -2.05. The second kappa shape index (κ2) is 6.30. The number of carbonyl (C=O) groups excluding carboxylic acids is 1. The summed E-state index contributed by atoms with van der Waals surface area (Å²) in [6.07, 6.45) is -4.55. The van der Waals surface area contributed by atoms with Crippen LogP contribution in [-0.4, -0.2) is 17.0 Å². The Labute approximate surface area is 126 Å². The van der Waals surface area contributed by atoms with Crippen molar-refractivity contribution in [3.63, 3.8) is 0 Å². The molecule has 0 atom stereocenters.